The first-order valence-electron chi connectivity index (χ1n) is 11.1. The van der Waals surface area contributed by atoms with E-state index in [-0.39, 0.29) is 30.8 Å². The quantitative estimate of drug-likeness (QED) is 0.664. The second-order valence-electron chi connectivity index (χ2n) is 9.29. The van der Waals surface area contributed by atoms with Gasteiger partial charge in [0.25, 0.3) is 5.91 Å². The Bertz CT molecular complexity index is 1290. The van der Waals surface area contributed by atoms with E-state index in [0.717, 1.165) is 22.1 Å². The summed E-state index contributed by atoms with van der Waals surface area (Å²) in [6.45, 7) is 3.70. The molecule has 0 saturated heterocycles. The highest BCUT2D eigenvalue weighted by Crippen LogP contribution is 2.50. The normalized spacial score (nSPS) is 28.6. The van der Waals surface area contributed by atoms with Gasteiger partial charge in [-0.2, -0.15) is 0 Å². The number of aryl methyl sites for hydroxylation is 1. The minimum Gasteiger partial charge on any atom is -0.458 e. The summed E-state index contributed by atoms with van der Waals surface area (Å²) in [5.74, 6) is -1.27. The van der Waals surface area contributed by atoms with Crippen molar-refractivity contribution in [2.24, 2.45) is 5.73 Å². The molecule has 6 rings (SSSR count). The van der Waals surface area contributed by atoms with Crippen LogP contribution in [0.2, 0.25) is 0 Å². The van der Waals surface area contributed by atoms with Gasteiger partial charge in [-0.15, -0.1) is 0 Å². The number of aromatic nitrogens is 1. The molecular weight excluding hydrogens is 413 g/mol. The smallest absolute Gasteiger partial charge is 0.342 e. The molecule has 0 bridgehead atoms. The Hall–Kier alpha value is -2.84. The van der Waals surface area contributed by atoms with Crippen molar-refractivity contribution in [2.45, 2.75) is 63.8 Å². The van der Waals surface area contributed by atoms with Gasteiger partial charge in [0, 0.05) is 29.6 Å². The number of rotatable bonds is 1. The number of cyclic esters (lactones) is 1. The number of halogens is 1. The maximum Gasteiger partial charge on any atom is 0.342 e. The minimum atomic E-state index is -1.81. The number of nitrogens with two attached hydrogens (primary N) is 1. The zero-order valence-electron chi connectivity index (χ0n) is 18.0. The van der Waals surface area contributed by atoms with E-state index in [9.17, 15) is 19.1 Å². The highest BCUT2D eigenvalue weighted by atomic mass is 19.1. The number of ether oxygens (including phenoxy) is 1. The Balaban J connectivity index is 1.57. The number of pyridine rings is 1. The van der Waals surface area contributed by atoms with Gasteiger partial charge in [-0.25, -0.2) is 9.18 Å². The fourth-order valence-corrected chi connectivity index (χ4v) is 6.04. The molecule has 1 aromatic heterocycles. The maximum absolute atomic E-state index is 14.7. The summed E-state index contributed by atoms with van der Waals surface area (Å²) in [5.41, 5.74) is 10.2. The van der Waals surface area contributed by atoms with E-state index in [0.29, 0.717) is 53.7 Å². The van der Waals surface area contributed by atoms with E-state index in [4.69, 9.17) is 15.5 Å². The lowest BCUT2D eigenvalue weighted by atomic mass is 9.78. The molecule has 1 aliphatic carbocycles. The lowest BCUT2D eigenvalue weighted by Gasteiger charge is -2.41. The van der Waals surface area contributed by atoms with Crippen molar-refractivity contribution in [1.82, 2.24) is 9.88 Å². The highest BCUT2D eigenvalue weighted by molar-refractivity contribution is 6.01. The van der Waals surface area contributed by atoms with Crippen LogP contribution in [0, 0.1) is 12.7 Å². The third-order valence-corrected chi connectivity index (χ3v) is 7.85. The van der Waals surface area contributed by atoms with Gasteiger partial charge in [-0.1, -0.05) is 6.92 Å². The second kappa shape index (κ2) is 6.36. The molecule has 32 heavy (non-hydrogen) atoms. The van der Waals surface area contributed by atoms with Crippen molar-refractivity contribution in [3.8, 4) is 0 Å². The van der Waals surface area contributed by atoms with Crippen LogP contribution in [0.25, 0.3) is 10.9 Å². The fraction of sp³-hybridized carbons (Fsp3) is 0.458. The van der Waals surface area contributed by atoms with Crippen molar-refractivity contribution in [1.29, 1.82) is 0 Å². The van der Waals surface area contributed by atoms with Crippen LogP contribution in [0.4, 0.5) is 4.39 Å². The third kappa shape index (κ3) is 2.29. The molecule has 1 aromatic carbocycles. The number of hydrogen-bond acceptors (Lipinski definition) is 6. The number of amides is 1. The molecule has 0 radical (unpaired) electrons. The standard InChI is InChI=1S/C24H24FN3O4/c1-3-24(31)14-6-18-21-12(8-28(18)22(29)13(14)9-32-23(24)30)19-16(26)5-4-11-10(2)15(25)7-17(27-21)20(11)19/h7,16,18,31H,3-6,8-9,26H2,1-2H3. The lowest BCUT2D eigenvalue weighted by Crippen LogP contribution is -2.51. The Morgan fingerprint density at radius 1 is 1.38 bits per heavy atom. The van der Waals surface area contributed by atoms with Gasteiger partial charge in [0.05, 0.1) is 22.8 Å². The van der Waals surface area contributed by atoms with Gasteiger partial charge < -0.3 is 20.5 Å². The number of aliphatic hydroxyl groups is 1. The molecule has 8 heteroatoms. The number of nitrogens with zero attached hydrogens (tertiary/aromatic N) is 2. The molecule has 4 heterocycles. The minimum absolute atomic E-state index is 0.118. The highest BCUT2D eigenvalue weighted by Gasteiger charge is 2.53. The zero-order chi connectivity index (χ0) is 22.5. The lowest BCUT2D eigenvalue weighted by molar-refractivity contribution is -0.165. The monoisotopic (exact) mass is 437 g/mol. The van der Waals surface area contributed by atoms with Gasteiger partial charge >= 0.3 is 5.97 Å². The van der Waals surface area contributed by atoms with E-state index in [1.165, 1.54) is 6.07 Å². The summed E-state index contributed by atoms with van der Waals surface area (Å²) in [6.07, 6.45) is 1.81. The number of fused-ring (bicyclic) bond motifs is 4. The SMILES string of the molecule is CCC1(O)C(=O)OCC2=C1CC1c3nc4cc(F)c(C)c5c4c(c3CN1C2=O)C(N)CC5. The number of carbonyl (C=O) groups excluding carboxylic acids is 2. The van der Waals surface area contributed by atoms with Gasteiger partial charge in [-0.3, -0.25) is 9.78 Å². The van der Waals surface area contributed by atoms with Crippen LogP contribution >= 0.6 is 0 Å². The molecule has 0 fully saturated rings. The van der Waals surface area contributed by atoms with Crippen molar-refractivity contribution < 1.29 is 23.8 Å². The maximum atomic E-state index is 14.7. The summed E-state index contributed by atoms with van der Waals surface area (Å²) in [7, 11) is 0. The van der Waals surface area contributed by atoms with Crippen LogP contribution in [0.5, 0.6) is 0 Å². The predicted octanol–water partition coefficient (Wildman–Crippen LogP) is 2.41. The van der Waals surface area contributed by atoms with Gasteiger partial charge in [-0.05, 0) is 54.9 Å². The molecule has 1 amide bonds. The number of hydrogen-bond donors (Lipinski definition) is 2. The number of benzene rings is 1. The first kappa shape index (κ1) is 19.8. The van der Waals surface area contributed by atoms with Gasteiger partial charge in [0.2, 0.25) is 0 Å². The zero-order valence-corrected chi connectivity index (χ0v) is 18.0. The molecule has 3 N–H and O–H groups in total. The Kier molecular flexibility index (Phi) is 3.94. The van der Waals surface area contributed by atoms with Crippen LogP contribution in [-0.4, -0.2) is 39.1 Å². The van der Waals surface area contributed by atoms with Crippen molar-refractivity contribution in [3.63, 3.8) is 0 Å². The summed E-state index contributed by atoms with van der Waals surface area (Å²) in [6, 6.07) is 0.805. The van der Waals surface area contributed by atoms with Gasteiger partial charge in [0.1, 0.15) is 12.4 Å². The predicted molar refractivity (Wildman–Crippen MR) is 113 cm³/mol. The Morgan fingerprint density at radius 2 is 2.16 bits per heavy atom. The fourth-order valence-electron chi connectivity index (χ4n) is 6.04. The van der Waals surface area contributed by atoms with E-state index in [2.05, 4.69) is 0 Å². The van der Waals surface area contributed by atoms with Crippen molar-refractivity contribution in [2.75, 3.05) is 6.61 Å². The average molecular weight is 437 g/mol. The summed E-state index contributed by atoms with van der Waals surface area (Å²) in [5, 5.41) is 12.0. The summed E-state index contributed by atoms with van der Waals surface area (Å²) in [4.78, 5) is 32.4. The van der Waals surface area contributed by atoms with Crippen LogP contribution < -0.4 is 5.73 Å². The van der Waals surface area contributed by atoms with Crippen molar-refractivity contribution >= 4 is 22.8 Å². The largest absolute Gasteiger partial charge is 0.458 e. The van der Waals surface area contributed by atoms with E-state index in [1.54, 1.807) is 18.7 Å². The van der Waals surface area contributed by atoms with E-state index < -0.39 is 17.6 Å². The van der Waals surface area contributed by atoms with Gasteiger partial charge in [0.15, 0.2) is 5.60 Å². The van der Waals surface area contributed by atoms with E-state index >= 15 is 0 Å². The first-order chi connectivity index (χ1) is 15.3. The molecule has 0 spiro atoms. The molecule has 3 atom stereocenters. The second-order valence-corrected chi connectivity index (χ2v) is 9.29. The third-order valence-electron chi connectivity index (χ3n) is 7.85. The van der Waals surface area contributed by atoms with Crippen LogP contribution in [0.3, 0.4) is 0 Å². The Morgan fingerprint density at radius 3 is 2.91 bits per heavy atom. The molecule has 3 aliphatic heterocycles. The van der Waals surface area contributed by atoms with E-state index in [1.807, 2.05) is 0 Å². The molecule has 166 valence electrons. The van der Waals surface area contributed by atoms with Crippen LogP contribution in [-0.2, 0) is 27.3 Å². The van der Waals surface area contributed by atoms with Crippen molar-refractivity contribution in [3.05, 3.63) is 51.0 Å². The van der Waals surface area contributed by atoms with Crippen LogP contribution in [0.1, 0.15) is 66.2 Å². The molecular formula is C24H24FN3O4. The average Bonchev–Trinajstić information content (AvgIpc) is 3.14. The molecule has 4 aliphatic rings. The molecule has 7 nitrogen and oxygen atoms in total. The molecule has 0 saturated carbocycles. The number of carbonyl (C=O) groups is 2. The number of esters is 1. The summed E-state index contributed by atoms with van der Waals surface area (Å²) < 4.78 is 19.8. The van der Waals surface area contributed by atoms with Crippen LogP contribution in [0.15, 0.2) is 17.2 Å². The summed E-state index contributed by atoms with van der Waals surface area (Å²) >= 11 is 0. The first-order valence-corrected chi connectivity index (χ1v) is 11.1. The topological polar surface area (TPSA) is 106 Å². The Labute approximate surface area is 184 Å². The molecule has 3 unspecified atom stereocenters. The molecule has 2 aromatic rings.